The number of aromatic amines is 1. The molecule has 0 saturated heterocycles. The van der Waals surface area contributed by atoms with E-state index in [1.165, 1.54) is 0 Å². The van der Waals surface area contributed by atoms with Crippen LogP contribution in [-0.2, 0) is 6.54 Å². The number of nitrogens with one attached hydrogen (secondary N) is 2. The minimum absolute atomic E-state index is 0.208. The Balaban J connectivity index is 1.43. The van der Waals surface area contributed by atoms with Crippen LogP contribution in [0.1, 0.15) is 16.3 Å². The van der Waals surface area contributed by atoms with Gasteiger partial charge in [0.2, 0.25) is 0 Å². The van der Waals surface area contributed by atoms with Gasteiger partial charge >= 0.3 is 0 Å². The monoisotopic (exact) mass is 412 g/mol. The molecule has 8 nitrogen and oxygen atoms in total. The van der Waals surface area contributed by atoms with E-state index in [9.17, 15) is 4.79 Å². The minimum atomic E-state index is -0.370. The first-order chi connectivity index (χ1) is 12.7. The number of hydrogen-bond donors (Lipinski definition) is 2. The maximum absolute atomic E-state index is 12.3. The summed E-state index contributed by atoms with van der Waals surface area (Å²) in [6.45, 7) is 0.438. The van der Waals surface area contributed by atoms with Gasteiger partial charge in [-0.15, -0.1) is 0 Å². The van der Waals surface area contributed by atoms with E-state index in [0.29, 0.717) is 18.1 Å². The third kappa shape index (κ3) is 3.57. The number of furan rings is 1. The number of aromatic nitrogens is 5. The molecule has 0 aliphatic rings. The highest BCUT2D eigenvalue weighted by Crippen LogP contribution is 2.19. The van der Waals surface area contributed by atoms with Gasteiger partial charge in [0, 0.05) is 30.2 Å². The molecule has 0 spiro atoms. The molecule has 0 atom stereocenters. The Hall–Kier alpha value is -3.20. The first kappa shape index (κ1) is 16.3. The SMILES string of the molecule is O=C(Nc1cc(-c2ccncc2)[nH]n1)c1ccc(Cn2cc(Br)cn2)o1. The Kier molecular flexibility index (Phi) is 4.36. The van der Waals surface area contributed by atoms with Gasteiger partial charge in [-0.25, -0.2) is 0 Å². The predicted octanol–water partition coefficient (Wildman–Crippen LogP) is 3.32. The summed E-state index contributed by atoms with van der Waals surface area (Å²) < 4.78 is 8.18. The highest BCUT2D eigenvalue weighted by molar-refractivity contribution is 9.10. The van der Waals surface area contributed by atoms with E-state index in [1.807, 2.05) is 18.3 Å². The molecule has 4 rings (SSSR count). The van der Waals surface area contributed by atoms with Crippen molar-refractivity contribution in [1.82, 2.24) is 25.0 Å². The topological polar surface area (TPSA) is 102 Å². The van der Waals surface area contributed by atoms with Crippen molar-refractivity contribution in [3.05, 3.63) is 71.1 Å². The molecule has 0 aliphatic heterocycles. The van der Waals surface area contributed by atoms with E-state index in [2.05, 4.69) is 41.5 Å². The Labute approximate surface area is 156 Å². The van der Waals surface area contributed by atoms with Crippen molar-refractivity contribution in [3.8, 4) is 11.3 Å². The molecule has 1 amide bonds. The third-order valence-electron chi connectivity index (χ3n) is 3.62. The van der Waals surface area contributed by atoms with Crippen LogP contribution >= 0.6 is 15.9 Å². The number of carbonyl (C=O) groups excluding carboxylic acids is 1. The molecule has 2 N–H and O–H groups in total. The van der Waals surface area contributed by atoms with E-state index in [1.54, 1.807) is 41.5 Å². The lowest BCUT2D eigenvalue weighted by atomic mass is 10.2. The summed E-state index contributed by atoms with van der Waals surface area (Å²) in [5.74, 6) is 0.881. The van der Waals surface area contributed by atoms with E-state index >= 15 is 0 Å². The first-order valence-electron chi connectivity index (χ1n) is 7.71. The largest absolute Gasteiger partial charge is 0.454 e. The number of amides is 1. The van der Waals surface area contributed by atoms with Crippen molar-refractivity contribution in [1.29, 1.82) is 0 Å². The predicted molar refractivity (Wildman–Crippen MR) is 97.5 cm³/mol. The molecular weight excluding hydrogens is 400 g/mol. The van der Waals surface area contributed by atoms with Crippen LogP contribution in [0.25, 0.3) is 11.3 Å². The maximum atomic E-state index is 12.3. The summed E-state index contributed by atoms with van der Waals surface area (Å²) in [7, 11) is 0. The van der Waals surface area contributed by atoms with Crippen LogP contribution in [0.15, 0.2) is 64.0 Å². The number of halogens is 1. The third-order valence-corrected chi connectivity index (χ3v) is 4.03. The quantitative estimate of drug-likeness (QED) is 0.523. The Morgan fingerprint density at radius 3 is 2.88 bits per heavy atom. The molecule has 0 fully saturated rings. The van der Waals surface area contributed by atoms with Crippen LogP contribution in [0.3, 0.4) is 0 Å². The number of hydrogen-bond acceptors (Lipinski definition) is 5. The highest BCUT2D eigenvalue weighted by atomic mass is 79.9. The zero-order chi connectivity index (χ0) is 17.9. The normalized spacial score (nSPS) is 10.8. The van der Waals surface area contributed by atoms with Crippen molar-refractivity contribution >= 4 is 27.7 Å². The molecular formula is C17H13BrN6O2. The van der Waals surface area contributed by atoms with Crippen molar-refractivity contribution in [3.63, 3.8) is 0 Å². The van der Waals surface area contributed by atoms with Gasteiger partial charge in [0.05, 0.1) is 22.9 Å². The zero-order valence-electron chi connectivity index (χ0n) is 13.4. The lowest BCUT2D eigenvalue weighted by molar-refractivity contribution is 0.0994. The van der Waals surface area contributed by atoms with Crippen LogP contribution in [0.4, 0.5) is 5.82 Å². The van der Waals surface area contributed by atoms with Gasteiger partial charge in [-0.1, -0.05) is 0 Å². The van der Waals surface area contributed by atoms with Crippen molar-refractivity contribution < 1.29 is 9.21 Å². The van der Waals surface area contributed by atoms with Crippen LogP contribution in [0, 0.1) is 0 Å². The second-order valence-corrected chi connectivity index (χ2v) is 6.39. The van der Waals surface area contributed by atoms with Crippen molar-refractivity contribution in [2.45, 2.75) is 6.54 Å². The van der Waals surface area contributed by atoms with E-state index in [4.69, 9.17) is 4.42 Å². The smallest absolute Gasteiger partial charge is 0.292 e. The fourth-order valence-electron chi connectivity index (χ4n) is 2.41. The van der Waals surface area contributed by atoms with Crippen LogP contribution in [0.2, 0.25) is 0 Å². The average Bonchev–Trinajstić information content (AvgIpc) is 3.38. The zero-order valence-corrected chi connectivity index (χ0v) is 15.0. The standard InChI is InChI=1S/C17H13BrN6O2/c18-12-8-20-24(9-12)10-13-1-2-15(26-13)17(25)21-16-7-14(22-23-16)11-3-5-19-6-4-11/h1-9H,10H2,(H2,21,22,23,25). The maximum Gasteiger partial charge on any atom is 0.292 e. The fourth-order valence-corrected chi connectivity index (χ4v) is 2.74. The number of carbonyl (C=O) groups is 1. The van der Waals surface area contributed by atoms with Gasteiger partial charge in [-0.2, -0.15) is 10.2 Å². The number of H-pyrrole nitrogens is 1. The summed E-state index contributed by atoms with van der Waals surface area (Å²) in [5, 5.41) is 13.8. The number of pyridine rings is 1. The summed E-state index contributed by atoms with van der Waals surface area (Å²) >= 11 is 3.34. The summed E-state index contributed by atoms with van der Waals surface area (Å²) in [4.78, 5) is 16.3. The Bertz CT molecular complexity index is 1040. The summed E-state index contributed by atoms with van der Waals surface area (Å²) in [6, 6.07) is 8.83. The van der Waals surface area contributed by atoms with Gasteiger partial charge in [-0.3, -0.25) is 19.6 Å². The van der Waals surface area contributed by atoms with Gasteiger partial charge in [-0.05, 0) is 40.2 Å². The number of anilines is 1. The highest BCUT2D eigenvalue weighted by Gasteiger charge is 2.14. The minimum Gasteiger partial charge on any atom is -0.454 e. The van der Waals surface area contributed by atoms with Crippen molar-refractivity contribution in [2.75, 3.05) is 5.32 Å². The molecule has 4 aromatic heterocycles. The molecule has 26 heavy (non-hydrogen) atoms. The van der Waals surface area contributed by atoms with E-state index in [0.717, 1.165) is 15.7 Å². The molecule has 4 heterocycles. The molecule has 4 aromatic rings. The molecule has 0 saturated carbocycles. The van der Waals surface area contributed by atoms with Gasteiger partial charge in [0.1, 0.15) is 5.76 Å². The molecule has 0 radical (unpaired) electrons. The summed E-state index contributed by atoms with van der Waals surface area (Å²) in [6.07, 6.45) is 6.90. The molecule has 0 unspecified atom stereocenters. The van der Waals surface area contributed by atoms with Crippen molar-refractivity contribution in [2.24, 2.45) is 0 Å². The Morgan fingerprint density at radius 1 is 1.27 bits per heavy atom. The van der Waals surface area contributed by atoms with Gasteiger partial charge in [0.25, 0.3) is 5.91 Å². The van der Waals surface area contributed by atoms with E-state index < -0.39 is 0 Å². The van der Waals surface area contributed by atoms with Crippen LogP contribution in [0.5, 0.6) is 0 Å². The lowest BCUT2D eigenvalue weighted by Gasteiger charge is -1.99. The lowest BCUT2D eigenvalue weighted by Crippen LogP contribution is -2.11. The molecule has 0 bridgehead atoms. The average molecular weight is 413 g/mol. The summed E-state index contributed by atoms with van der Waals surface area (Å²) in [5.41, 5.74) is 1.71. The number of rotatable bonds is 5. The molecule has 9 heteroatoms. The molecule has 0 aliphatic carbocycles. The Morgan fingerprint density at radius 2 is 2.12 bits per heavy atom. The van der Waals surface area contributed by atoms with Crippen LogP contribution < -0.4 is 5.32 Å². The first-order valence-corrected chi connectivity index (χ1v) is 8.50. The van der Waals surface area contributed by atoms with Gasteiger partial charge in [0.15, 0.2) is 11.6 Å². The second-order valence-electron chi connectivity index (χ2n) is 5.48. The number of nitrogens with zero attached hydrogens (tertiary/aromatic N) is 4. The molecule has 130 valence electrons. The molecule has 0 aromatic carbocycles. The van der Waals surface area contributed by atoms with Gasteiger partial charge < -0.3 is 9.73 Å². The fraction of sp³-hybridized carbons (Fsp3) is 0.0588. The van der Waals surface area contributed by atoms with E-state index in [-0.39, 0.29) is 11.7 Å². The van der Waals surface area contributed by atoms with Crippen LogP contribution in [-0.4, -0.2) is 30.9 Å². The second kappa shape index (κ2) is 6.96.